The Hall–Kier alpha value is -2.21. The van der Waals surface area contributed by atoms with Gasteiger partial charge in [-0.2, -0.15) is 5.10 Å². The summed E-state index contributed by atoms with van der Waals surface area (Å²) in [5.41, 5.74) is 4.82. The lowest BCUT2D eigenvalue weighted by atomic mass is 9.96. The monoisotopic (exact) mass is 325 g/mol. The Labute approximate surface area is 139 Å². The molecule has 23 heavy (non-hydrogen) atoms. The summed E-state index contributed by atoms with van der Waals surface area (Å²) >= 11 is 1.90. The number of hydrogen-bond donors (Lipinski definition) is 0. The summed E-state index contributed by atoms with van der Waals surface area (Å²) in [6.07, 6.45) is 12.7. The highest BCUT2D eigenvalue weighted by atomic mass is 32.1. The van der Waals surface area contributed by atoms with Gasteiger partial charge in [-0.15, -0.1) is 23.0 Å². The lowest BCUT2D eigenvalue weighted by Gasteiger charge is -2.12. The summed E-state index contributed by atoms with van der Waals surface area (Å²) in [5, 5.41) is 15.2. The van der Waals surface area contributed by atoms with Gasteiger partial charge in [0.1, 0.15) is 5.69 Å². The van der Waals surface area contributed by atoms with Crippen molar-refractivity contribution in [3.05, 3.63) is 52.6 Å². The van der Waals surface area contributed by atoms with Gasteiger partial charge in [0.15, 0.2) is 0 Å². The molecule has 3 aromatic rings. The molecular weight excluding hydrogens is 306 g/mol. The standard InChI is InChI=1S/C17H19N5S/c1-2-7-21-9-13(8-18-21)16-11-22(20-19-16)10-14-12-23-17-6-4-3-5-15(14)17/h2,8-9,11-12H,1,3-7,10H2. The van der Waals surface area contributed by atoms with Gasteiger partial charge < -0.3 is 0 Å². The van der Waals surface area contributed by atoms with E-state index in [1.807, 2.05) is 45.4 Å². The second kappa shape index (κ2) is 6.12. The van der Waals surface area contributed by atoms with Crippen LogP contribution in [0.3, 0.4) is 0 Å². The first-order valence-corrected chi connectivity index (χ1v) is 8.83. The maximum Gasteiger partial charge on any atom is 0.116 e. The number of thiophene rings is 1. The van der Waals surface area contributed by atoms with Crippen LogP contribution < -0.4 is 0 Å². The fourth-order valence-electron chi connectivity index (χ4n) is 3.10. The largest absolute Gasteiger partial charge is 0.268 e. The molecule has 3 aromatic heterocycles. The molecule has 0 amide bonds. The van der Waals surface area contributed by atoms with Crippen molar-refractivity contribution in [1.29, 1.82) is 0 Å². The van der Waals surface area contributed by atoms with Crippen LogP contribution in [0.2, 0.25) is 0 Å². The third-order valence-electron chi connectivity index (χ3n) is 4.26. The maximum atomic E-state index is 4.29. The van der Waals surface area contributed by atoms with Crippen LogP contribution in [0.5, 0.6) is 0 Å². The summed E-state index contributed by atoms with van der Waals surface area (Å²) < 4.78 is 3.77. The van der Waals surface area contributed by atoms with Gasteiger partial charge in [0.2, 0.25) is 0 Å². The molecule has 0 saturated heterocycles. The number of aromatic nitrogens is 5. The average molecular weight is 325 g/mol. The molecule has 5 nitrogen and oxygen atoms in total. The van der Waals surface area contributed by atoms with Crippen LogP contribution >= 0.6 is 11.3 Å². The van der Waals surface area contributed by atoms with Crippen LogP contribution in [-0.2, 0) is 25.9 Å². The van der Waals surface area contributed by atoms with Gasteiger partial charge in [-0.05, 0) is 42.2 Å². The van der Waals surface area contributed by atoms with Crippen LogP contribution in [0, 0.1) is 0 Å². The highest BCUT2D eigenvalue weighted by Crippen LogP contribution is 2.30. The first-order chi connectivity index (χ1) is 11.3. The normalized spacial score (nSPS) is 13.9. The van der Waals surface area contributed by atoms with Crippen molar-refractivity contribution in [2.75, 3.05) is 0 Å². The predicted octanol–water partition coefficient (Wildman–Crippen LogP) is 3.32. The van der Waals surface area contributed by atoms with E-state index in [1.165, 1.54) is 31.2 Å². The fourth-order valence-corrected chi connectivity index (χ4v) is 4.24. The summed E-state index contributed by atoms with van der Waals surface area (Å²) in [4.78, 5) is 1.57. The molecule has 0 aliphatic heterocycles. The zero-order valence-electron chi connectivity index (χ0n) is 13.0. The molecule has 118 valence electrons. The van der Waals surface area contributed by atoms with E-state index in [-0.39, 0.29) is 0 Å². The predicted molar refractivity (Wildman–Crippen MR) is 91.5 cm³/mol. The minimum Gasteiger partial charge on any atom is -0.268 e. The molecule has 0 N–H and O–H groups in total. The third kappa shape index (κ3) is 2.86. The SMILES string of the molecule is C=CCn1cc(-c2cn(Cc3csc4c3CCCC4)nn2)cn1. The van der Waals surface area contributed by atoms with E-state index in [1.54, 1.807) is 10.4 Å². The lowest BCUT2D eigenvalue weighted by molar-refractivity contribution is 0.634. The number of rotatable bonds is 5. The van der Waals surface area contributed by atoms with E-state index in [4.69, 9.17) is 0 Å². The minimum atomic E-state index is 0.704. The van der Waals surface area contributed by atoms with E-state index in [0.29, 0.717) is 6.54 Å². The number of hydrogen-bond acceptors (Lipinski definition) is 4. The van der Waals surface area contributed by atoms with Crippen molar-refractivity contribution in [1.82, 2.24) is 24.8 Å². The van der Waals surface area contributed by atoms with Crippen LogP contribution in [0.15, 0.2) is 36.6 Å². The first-order valence-electron chi connectivity index (χ1n) is 7.95. The van der Waals surface area contributed by atoms with Crippen molar-refractivity contribution in [3.8, 4) is 11.3 Å². The van der Waals surface area contributed by atoms with Crippen LogP contribution in [0.4, 0.5) is 0 Å². The summed E-state index contributed by atoms with van der Waals surface area (Å²) in [5.74, 6) is 0. The number of nitrogens with zero attached hydrogens (tertiary/aromatic N) is 5. The first kappa shape index (κ1) is 14.4. The number of aryl methyl sites for hydroxylation is 1. The summed E-state index contributed by atoms with van der Waals surface area (Å²) in [6, 6.07) is 0. The molecule has 0 saturated carbocycles. The van der Waals surface area contributed by atoms with Gasteiger partial charge in [0.05, 0.1) is 25.5 Å². The molecule has 0 fully saturated rings. The van der Waals surface area contributed by atoms with E-state index >= 15 is 0 Å². The molecule has 0 radical (unpaired) electrons. The van der Waals surface area contributed by atoms with E-state index in [0.717, 1.165) is 17.8 Å². The Morgan fingerprint density at radius 3 is 3.04 bits per heavy atom. The van der Waals surface area contributed by atoms with Crippen molar-refractivity contribution in [3.63, 3.8) is 0 Å². The zero-order chi connectivity index (χ0) is 15.6. The molecule has 0 aromatic carbocycles. The average Bonchev–Trinajstić information content (AvgIpc) is 3.28. The quantitative estimate of drug-likeness (QED) is 0.676. The topological polar surface area (TPSA) is 48.5 Å². The number of fused-ring (bicyclic) bond motifs is 1. The Balaban J connectivity index is 1.53. The Bertz CT molecular complexity index is 826. The fraction of sp³-hybridized carbons (Fsp3) is 0.353. The van der Waals surface area contributed by atoms with Crippen molar-refractivity contribution < 1.29 is 0 Å². The molecule has 1 aliphatic rings. The second-order valence-corrected chi connectivity index (χ2v) is 6.88. The minimum absolute atomic E-state index is 0.704. The van der Waals surface area contributed by atoms with Crippen LogP contribution in [0.25, 0.3) is 11.3 Å². The lowest BCUT2D eigenvalue weighted by Crippen LogP contribution is -2.05. The van der Waals surface area contributed by atoms with E-state index in [9.17, 15) is 0 Å². The summed E-state index contributed by atoms with van der Waals surface area (Å²) in [6.45, 7) is 5.24. The van der Waals surface area contributed by atoms with Gasteiger partial charge in [0, 0.05) is 16.6 Å². The van der Waals surface area contributed by atoms with Gasteiger partial charge in [-0.1, -0.05) is 11.3 Å². The van der Waals surface area contributed by atoms with Crippen LogP contribution in [0.1, 0.15) is 28.8 Å². The second-order valence-electron chi connectivity index (χ2n) is 5.91. The number of allylic oxidation sites excluding steroid dienone is 1. The zero-order valence-corrected chi connectivity index (χ0v) is 13.8. The van der Waals surface area contributed by atoms with Crippen LogP contribution in [-0.4, -0.2) is 24.8 Å². The van der Waals surface area contributed by atoms with Gasteiger partial charge >= 0.3 is 0 Å². The molecule has 0 spiro atoms. The molecule has 0 atom stereocenters. The van der Waals surface area contributed by atoms with E-state index < -0.39 is 0 Å². The molecular formula is C17H19N5S. The molecule has 1 aliphatic carbocycles. The Morgan fingerprint density at radius 2 is 2.13 bits per heavy atom. The molecule has 3 heterocycles. The molecule has 0 unspecified atom stereocenters. The smallest absolute Gasteiger partial charge is 0.116 e. The molecule has 4 rings (SSSR count). The van der Waals surface area contributed by atoms with Gasteiger partial charge in [0.25, 0.3) is 0 Å². The Kier molecular flexibility index (Phi) is 3.83. The van der Waals surface area contributed by atoms with E-state index in [2.05, 4.69) is 27.4 Å². The molecule has 0 bridgehead atoms. The van der Waals surface area contributed by atoms with Gasteiger partial charge in [-0.25, -0.2) is 4.68 Å². The highest BCUT2D eigenvalue weighted by Gasteiger charge is 2.16. The molecule has 6 heteroatoms. The maximum absolute atomic E-state index is 4.29. The van der Waals surface area contributed by atoms with Crippen molar-refractivity contribution in [2.24, 2.45) is 0 Å². The van der Waals surface area contributed by atoms with Crippen molar-refractivity contribution >= 4 is 11.3 Å². The third-order valence-corrected chi connectivity index (χ3v) is 5.40. The highest BCUT2D eigenvalue weighted by molar-refractivity contribution is 7.10. The Morgan fingerprint density at radius 1 is 1.22 bits per heavy atom. The van der Waals surface area contributed by atoms with Crippen molar-refractivity contribution in [2.45, 2.75) is 38.8 Å². The summed E-state index contributed by atoms with van der Waals surface area (Å²) in [7, 11) is 0. The van der Waals surface area contributed by atoms with Gasteiger partial charge in [-0.3, -0.25) is 4.68 Å².